The van der Waals surface area contributed by atoms with Gasteiger partial charge >= 0.3 is 0 Å². The molecule has 0 saturated carbocycles. The predicted octanol–water partition coefficient (Wildman–Crippen LogP) is 3.64. The summed E-state index contributed by atoms with van der Waals surface area (Å²) >= 11 is 6.37. The molecule has 0 spiro atoms. The monoisotopic (exact) mass is 301 g/mol. The van der Waals surface area contributed by atoms with Crippen molar-refractivity contribution in [1.82, 2.24) is 14.9 Å². The van der Waals surface area contributed by atoms with Gasteiger partial charge in [-0.05, 0) is 12.0 Å². The van der Waals surface area contributed by atoms with Crippen LogP contribution in [0.5, 0.6) is 0 Å². The Kier molecular flexibility index (Phi) is 4.51. The van der Waals surface area contributed by atoms with Gasteiger partial charge in [-0.25, -0.2) is 9.97 Å². The zero-order valence-corrected chi connectivity index (χ0v) is 13.1. The summed E-state index contributed by atoms with van der Waals surface area (Å²) in [5.74, 6) is 0.887. The Morgan fingerprint density at radius 1 is 1.19 bits per heavy atom. The smallest absolute Gasteiger partial charge is 0.137 e. The van der Waals surface area contributed by atoms with E-state index in [0.717, 1.165) is 56.0 Å². The summed E-state index contributed by atoms with van der Waals surface area (Å²) in [6.07, 6.45) is 2.91. The third-order valence-corrected chi connectivity index (χ3v) is 4.17. The van der Waals surface area contributed by atoms with E-state index in [1.165, 1.54) is 5.56 Å². The Labute approximate surface area is 131 Å². The van der Waals surface area contributed by atoms with E-state index in [9.17, 15) is 0 Å². The summed E-state index contributed by atoms with van der Waals surface area (Å²) < 4.78 is 0. The van der Waals surface area contributed by atoms with E-state index in [0.29, 0.717) is 5.15 Å². The molecule has 0 radical (unpaired) electrons. The van der Waals surface area contributed by atoms with Crippen molar-refractivity contribution >= 4 is 11.6 Å². The topological polar surface area (TPSA) is 29.0 Å². The molecule has 0 atom stereocenters. The zero-order valence-electron chi connectivity index (χ0n) is 12.3. The molecule has 0 N–H and O–H groups in total. The highest BCUT2D eigenvalue weighted by atomic mass is 35.5. The van der Waals surface area contributed by atoms with E-state index in [1.807, 2.05) is 0 Å². The molecule has 2 aromatic rings. The van der Waals surface area contributed by atoms with Crippen LogP contribution in [0.4, 0.5) is 0 Å². The summed E-state index contributed by atoms with van der Waals surface area (Å²) in [6, 6.07) is 10.5. The SMILES string of the molecule is CCCc1nc(Cl)c2c(n1)CCN(Cc1ccccc1)C2. The molecule has 110 valence electrons. The van der Waals surface area contributed by atoms with Crippen molar-refractivity contribution in [2.45, 2.75) is 39.3 Å². The lowest BCUT2D eigenvalue weighted by atomic mass is 10.1. The molecule has 4 heteroatoms. The average Bonchev–Trinajstić information content (AvgIpc) is 2.49. The molecule has 0 bridgehead atoms. The zero-order chi connectivity index (χ0) is 14.7. The van der Waals surface area contributed by atoms with E-state index in [4.69, 9.17) is 11.6 Å². The molecule has 0 amide bonds. The Bertz CT molecular complexity index is 613. The van der Waals surface area contributed by atoms with Crippen LogP contribution in [0.1, 0.15) is 36.0 Å². The van der Waals surface area contributed by atoms with Gasteiger partial charge in [0.25, 0.3) is 0 Å². The van der Waals surface area contributed by atoms with E-state index >= 15 is 0 Å². The normalized spacial score (nSPS) is 15.0. The molecule has 1 aromatic heterocycles. The Morgan fingerprint density at radius 2 is 2.00 bits per heavy atom. The van der Waals surface area contributed by atoms with Crippen molar-refractivity contribution in [1.29, 1.82) is 0 Å². The number of fused-ring (bicyclic) bond motifs is 1. The molecule has 1 aliphatic rings. The molecule has 0 saturated heterocycles. The fraction of sp³-hybridized carbons (Fsp3) is 0.412. The van der Waals surface area contributed by atoms with Crippen LogP contribution in [-0.2, 0) is 25.9 Å². The lowest BCUT2D eigenvalue weighted by molar-refractivity contribution is 0.242. The standard InChI is InChI=1S/C17H20ClN3/c1-2-6-16-19-15-9-10-21(12-14(15)17(18)20-16)11-13-7-4-3-5-8-13/h3-5,7-8H,2,6,9-12H2,1H3. The molecule has 2 heterocycles. The minimum atomic E-state index is 0.640. The second-order valence-corrected chi connectivity index (χ2v) is 5.91. The first kappa shape index (κ1) is 14.5. The molecule has 3 nitrogen and oxygen atoms in total. The fourth-order valence-electron chi connectivity index (χ4n) is 2.79. The quantitative estimate of drug-likeness (QED) is 0.807. The molecule has 0 fully saturated rings. The maximum absolute atomic E-state index is 6.37. The maximum Gasteiger partial charge on any atom is 0.137 e. The number of aromatic nitrogens is 2. The summed E-state index contributed by atoms with van der Waals surface area (Å²) in [5.41, 5.74) is 3.59. The van der Waals surface area contributed by atoms with Gasteiger partial charge in [0, 0.05) is 38.0 Å². The minimum Gasteiger partial charge on any atom is -0.294 e. The molecule has 0 aliphatic carbocycles. The molecular formula is C17H20ClN3. The summed E-state index contributed by atoms with van der Waals surface area (Å²) in [7, 11) is 0. The van der Waals surface area contributed by atoms with Gasteiger partial charge < -0.3 is 0 Å². The van der Waals surface area contributed by atoms with Crippen molar-refractivity contribution in [3.63, 3.8) is 0 Å². The van der Waals surface area contributed by atoms with Crippen LogP contribution in [0.2, 0.25) is 5.15 Å². The van der Waals surface area contributed by atoms with Gasteiger partial charge in [0.05, 0.1) is 5.69 Å². The van der Waals surface area contributed by atoms with Crippen molar-refractivity contribution in [2.75, 3.05) is 6.54 Å². The Hall–Kier alpha value is -1.45. The van der Waals surface area contributed by atoms with Crippen molar-refractivity contribution in [3.05, 3.63) is 58.1 Å². The van der Waals surface area contributed by atoms with Crippen LogP contribution in [0.25, 0.3) is 0 Å². The van der Waals surface area contributed by atoms with Gasteiger partial charge in [0.15, 0.2) is 0 Å². The molecule has 3 rings (SSSR count). The third kappa shape index (κ3) is 3.42. The van der Waals surface area contributed by atoms with E-state index in [-0.39, 0.29) is 0 Å². The molecule has 21 heavy (non-hydrogen) atoms. The number of nitrogens with zero attached hydrogens (tertiary/aromatic N) is 3. The second-order valence-electron chi connectivity index (χ2n) is 5.55. The molecule has 1 aromatic carbocycles. The number of halogens is 1. The van der Waals surface area contributed by atoms with Crippen LogP contribution in [0.3, 0.4) is 0 Å². The number of benzene rings is 1. The first-order valence-corrected chi connectivity index (χ1v) is 7.94. The Morgan fingerprint density at radius 3 is 2.76 bits per heavy atom. The largest absolute Gasteiger partial charge is 0.294 e. The molecule has 1 aliphatic heterocycles. The van der Waals surface area contributed by atoms with Gasteiger partial charge in [-0.3, -0.25) is 4.90 Å². The van der Waals surface area contributed by atoms with E-state index < -0.39 is 0 Å². The minimum absolute atomic E-state index is 0.640. The molecular weight excluding hydrogens is 282 g/mol. The van der Waals surface area contributed by atoms with Crippen LogP contribution in [0, 0.1) is 0 Å². The fourth-order valence-corrected chi connectivity index (χ4v) is 3.06. The van der Waals surface area contributed by atoms with Gasteiger partial charge in [-0.1, -0.05) is 48.9 Å². The van der Waals surface area contributed by atoms with E-state index in [1.54, 1.807) is 0 Å². The van der Waals surface area contributed by atoms with Crippen molar-refractivity contribution in [2.24, 2.45) is 0 Å². The highest BCUT2D eigenvalue weighted by Gasteiger charge is 2.21. The van der Waals surface area contributed by atoms with Crippen LogP contribution in [0.15, 0.2) is 30.3 Å². The van der Waals surface area contributed by atoms with Gasteiger partial charge in [-0.2, -0.15) is 0 Å². The maximum atomic E-state index is 6.37. The molecule has 0 unspecified atom stereocenters. The number of hydrogen-bond acceptors (Lipinski definition) is 3. The van der Waals surface area contributed by atoms with Crippen molar-refractivity contribution in [3.8, 4) is 0 Å². The van der Waals surface area contributed by atoms with Gasteiger partial charge in [-0.15, -0.1) is 0 Å². The van der Waals surface area contributed by atoms with Crippen LogP contribution in [-0.4, -0.2) is 21.4 Å². The van der Waals surface area contributed by atoms with Gasteiger partial charge in [0.2, 0.25) is 0 Å². The van der Waals surface area contributed by atoms with Gasteiger partial charge in [0.1, 0.15) is 11.0 Å². The summed E-state index contributed by atoms with van der Waals surface area (Å²) in [6.45, 7) is 4.96. The summed E-state index contributed by atoms with van der Waals surface area (Å²) in [5, 5.41) is 0.640. The van der Waals surface area contributed by atoms with Crippen LogP contribution >= 0.6 is 11.6 Å². The number of aryl methyl sites for hydroxylation is 1. The van der Waals surface area contributed by atoms with Crippen LogP contribution < -0.4 is 0 Å². The lowest BCUT2D eigenvalue weighted by Gasteiger charge is -2.28. The van der Waals surface area contributed by atoms with E-state index in [2.05, 4.69) is 52.1 Å². The average molecular weight is 302 g/mol. The first-order valence-electron chi connectivity index (χ1n) is 7.56. The second kappa shape index (κ2) is 6.54. The number of hydrogen-bond donors (Lipinski definition) is 0. The van der Waals surface area contributed by atoms with Crippen molar-refractivity contribution < 1.29 is 0 Å². The number of rotatable bonds is 4. The lowest BCUT2D eigenvalue weighted by Crippen LogP contribution is -2.31. The highest BCUT2D eigenvalue weighted by Crippen LogP contribution is 2.25. The predicted molar refractivity (Wildman–Crippen MR) is 85.3 cm³/mol. The highest BCUT2D eigenvalue weighted by molar-refractivity contribution is 6.30. The summed E-state index contributed by atoms with van der Waals surface area (Å²) in [4.78, 5) is 11.5. The third-order valence-electron chi connectivity index (χ3n) is 3.86. The first-order chi connectivity index (χ1) is 10.3. The Balaban J connectivity index is 1.76.